The molecule has 6 heteroatoms. The van der Waals surface area contributed by atoms with Gasteiger partial charge in [-0.15, -0.1) is 0 Å². The average Bonchev–Trinajstić information content (AvgIpc) is 3.36. The van der Waals surface area contributed by atoms with Crippen molar-refractivity contribution in [2.75, 3.05) is 6.54 Å². The number of aromatic nitrogens is 3. The Morgan fingerprint density at radius 1 is 1.11 bits per heavy atom. The van der Waals surface area contributed by atoms with Crippen LogP contribution in [0.3, 0.4) is 0 Å². The Hall–Kier alpha value is -3.67. The third-order valence-electron chi connectivity index (χ3n) is 4.92. The van der Waals surface area contributed by atoms with Gasteiger partial charge >= 0.3 is 0 Å². The van der Waals surface area contributed by atoms with Gasteiger partial charge in [-0.1, -0.05) is 48.5 Å². The van der Waals surface area contributed by atoms with Gasteiger partial charge in [-0.3, -0.25) is 4.79 Å². The van der Waals surface area contributed by atoms with Crippen LogP contribution in [0.15, 0.2) is 73.1 Å². The van der Waals surface area contributed by atoms with Gasteiger partial charge in [0.2, 0.25) is 0 Å². The number of nitrogens with zero attached hydrogens (tertiary/aromatic N) is 3. The molecule has 0 saturated carbocycles. The van der Waals surface area contributed by atoms with E-state index in [0.717, 1.165) is 23.4 Å². The summed E-state index contributed by atoms with van der Waals surface area (Å²) in [6, 6.07) is 19.8. The van der Waals surface area contributed by atoms with E-state index in [-0.39, 0.29) is 12.0 Å². The minimum atomic E-state index is -0.202. The smallest absolute Gasteiger partial charge is 0.256 e. The van der Waals surface area contributed by atoms with Gasteiger partial charge in [0.25, 0.3) is 5.91 Å². The molecule has 3 heterocycles. The second-order valence-corrected chi connectivity index (χ2v) is 6.75. The molecule has 0 radical (unpaired) electrons. The largest absolute Gasteiger partial charge is 0.488 e. The first-order chi connectivity index (χ1) is 13.8. The molecule has 0 fully saturated rings. The SMILES string of the molecule is O=C(NC[C@@H]1Cc2ccccc2O1)c1cnn2c(-c3ccccc3)ccnc12. The summed E-state index contributed by atoms with van der Waals surface area (Å²) < 4.78 is 7.59. The van der Waals surface area contributed by atoms with Crippen molar-refractivity contribution < 1.29 is 9.53 Å². The molecule has 0 unspecified atom stereocenters. The zero-order valence-corrected chi connectivity index (χ0v) is 15.1. The molecule has 2 aromatic carbocycles. The van der Waals surface area contributed by atoms with Crippen molar-refractivity contribution in [2.45, 2.75) is 12.5 Å². The summed E-state index contributed by atoms with van der Waals surface area (Å²) in [5.41, 5.74) is 4.07. The molecule has 28 heavy (non-hydrogen) atoms. The Kier molecular flexibility index (Phi) is 4.01. The molecule has 1 aliphatic rings. The van der Waals surface area contributed by atoms with Gasteiger partial charge in [-0.05, 0) is 17.7 Å². The van der Waals surface area contributed by atoms with Crippen molar-refractivity contribution in [3.63, 3.8) is 0 Å². The predicted molar refractivity (Wildman–Crippen MR) is 105 cm³/mol. The highest BCUT2D eigenvalue weighted by Crippen LogP contribution is 2.27. The quantitative estimate of drug-likeness (QED) is 0.599. The number of fused-ring (bicyclic) bond motifs is 2. The molecule has 5 rings (SSSR count). The lowest BCUT2D eigenvalue weighted by Gasteiger charge is -2.11. The van der Waals surface area contributed by atoms with Gasteiger partial charge in [0.15, 0.2) is 5.65 Å². The zero-order valence-electron chi connectivity index (χ0n) is 15.1. The van der Waals surface area contributed by atoms with E-state index in [1.54, 1.807) is 16.9 Å². The van der Waals surface area contributed by atoms with Crippen LogP contribution in [0.25, 0.3) is 16.9 Å². The molecule has 0 aliphatic carbocycles. The van der Waals surface area contributed by atoms with E-state index in [1.807, 2.05) is 54.6 Å². The summed E-state index contributed by atoms with van der Waals surface area (Å²) in [4.78, 5) is 17.1. The van der Waals surface area contributed by atoms with Gasteiger partial charge in [-0.25, -0.2) is 9.50 Å². The molecule has 0 saturated heterocycles. The molecule has 4 aromatic rings. The first-order valence-corrected chi connectivity index (χ1v) is 9.20. The second kappa shape index (κ2) is 6.81. The Balaban J connectivity index is 1.35. The van der Waals surface area contributed by atoms with Crippen molar-refractivity contribution in [1.29, 1.82) is 0 Å². The van der Waals surface area contributed by atoms with Crippen molar-refractivity contribution in [1.82, 2.24) is 19.9 Å². The van der Waals surface area contributed by atoms with E-state index < -0.39 is 0 Å². The lowest BCUT2D eigenvalue weighted by molar-refractivity contribution is 0.0935. The van der Waals surface area contributed by atoms with Crippen LogP contribution in [-0.4, -0.2) is 33.2 Å². The van der Waals surface area contributed by atoms with E-state index in [2.05, 4.69) is 21.5 Å². The number of hydrogen-bond donors (Lipinski definition) is 1. The van der Waals surface area contributed by atoms with Gasteiger partial charge < -0.3 is 10.1 Å². The Morgan fingerprint density at radius 2 is 1.93 bits per heavy atom. The van der Waals surface area contributed by atoms with Crippen molar-refractivity contribution in [2.24, 2.45) is 0 Å². The van der Waals surface area contributed by atoms with Gasteiger partial charge in [0.1, 0.15) is 17.4 Å². The van der Waals surface area contributed by atoms with E-state index in [1.165, 1.54) is 5.56 Å². The highest BCUT2D eigenvalue weighted by Gasteiger charge is 2.24. The number of benzene rings is 2. The van der Waals surface area contributed by atoms with Crippen molar-refractivity contribution in [3.8, 4) is 17.0 Å². The third-order valence-corrected chi connectivity index (χ3v) is 4.92. The molecule has 1 aliphatic heterocycles. The molecule has 6 nitrogen and oxygen atoms in total. The monoisotopic (exact) mass is 370 g/mol. The maximum Gasteiger partial charge on any atom is 0.256 e. The highest BCUT2D eigenvalue weighted by atomic mass is 16.5. The lowest BCUT2D eigenvalue weighted by Crippen LogP contribution is -2.34. The number of carbonyl (C=O) groups excluding carboxylic acids is 1. The lowest BCUT2D eigenvalue weighted by atomic mass is 10.1. The summed E-state index contributed by atoms with van der Waals surface area (Å²) in [6.07, 6.45) is 4.00. The number of amides is 1. The molecule has 2 aromatic heterocycles. The van der Waals surface area contributed by atoms with Crippen LogP contribution in [0.5, 0.6) is 5.75 Å². The standard InChI is InChI=1S/C22H18N4O2/c27-22(24-13-17-12-16-8-4-5-9-20(16)28-17)18-14-25-26-19(10-11-23-21(18)26)15-6-2-1-3-7-15/h1-11,14,17H,12-13H2,(H,24,27)/t17-/m0/s1. The maximum absolute atomic E-state index is 12.7. The number of hydrogen-bond acceptors (Lipinski definition) is 4. The van der Waals surface area contributed by atoms with Crippen LogP contribution < -0.4 is 10.1 Å². The number of para-hydroxylation sites is 1. The van der Waals surface area contributed by atoms with Gasteiger partial charge in [0, 0.05) is 18.2 Å². The first kappa shape index (κ1) is 16.5. The molecule has 0 spiro atoms. The molecule has 0 bridgehead atoms. The average molecular weight is 370 g/mol. The topological polar surface area (TPSA) is 68.5 Å². The Morgan fingerprint density at radius 3 is 2.79 bits per heavy atom. The Labute approximate surface area is 161 Å². The molecular formula is C22H18N4O2. The van der Waals surface area contributed by atoms with Crippen LogP contribution in [0.4, 0.5) is 0 Å². The normalized spacial score (nSPS) is 15.2. The highest BCUT2D eigenvalue weighted by molar-refractivity contribution is 5.99. The molecule has 1 atom stereocenters. The molecule has 1 N–H and O–H groups in total. The zero-order chi connectivity index (χ0) is 18.9. The number of nitrogens with one attached hydrogen (secondary N) is 1. The minimum Gasteiger partial charge on any atom is -0.488 e. The summed E-state index contributed by atoms with van der Waals surface area (Å²) in [5.74, 6) is 0.694. The second-order valence-electron chi connectivity index (χ2n) is 6.75. The third kappa shape index (κ3) is 2.89. The van der Waals surface area contributed by atoms with Gasteiger partial charge in [0.05, 0.1) is 18.4 Å². The molecular weight excluding hydrogens is 352 g/mol. The van der Waals surface area contributed by atoms with E-state index >= 15 is 0 Å². The van der Waals surface area contributed by atoms with E-state index in [0.29, 0.717) is 17.8 Å². The molecule has 1 amide bonds. The van der Waals surface area contributed by atoms with E-state index in [4.69, 9.17) is 4.74 Å². The maximum atomic E-state index is 12.7. The fourth-order valence-electron chi connectivity index (χ4n) is 3.55. The minimum absolute atomic E-state index is 0.0592. The Bertz CT molecular complexity index is 1130. The van der Waals surface area contributed by atoms with Crippen LogP contribution in [0.1, 0.15) is 15.9 Å². The van der Waals surface area contributed by atoms with Crippen molar-refractivity contribution in [3.05, 3.63) is 84.2 Å². The first-order valence-electron chi connectivity index (χ1n) is 9.20. The number of rotatable bonds is 4. The van der Waals surface area contributed by atoms with Crippen LogP contribution in [0, 0.1) is 0 Å². The summed E-state index contributed by atoms with van der Waals surface area (Å²) in [5, 5.41) is 7.35. The number of carbonyl (C=O) groups is 1. The fourth-order valence-corrected chi connectivity index (χ4v) is 3.55. The van der Waals surface area contributed by atoms with Gasteiger partial charge in [-0.2, -0.15) is 5.10 Å². The van der Waals surface area contributed by atoms with Crippen LogP contribution >= 0.6 is 0 Å². The number of ether oxygens (including phenoxy) is 1. The predicted octanol–water partition coefficient (Wildman–Crippen LogP) is 3.13. The fraction of sp³-hybridized carbons (Fsp3) is 0.136. The molecule has 138 valence electrons. The van der Waals surface area contributed by atoms with Crippen LogP contribution in [0.2, 0.25) is 0 Å². The summed E-state index contributed by atoms with van der Waals surface area (Å²) in [6.45, 7) is 0.434. The van der Waals surface area contributed by atoms with Crippen molar-refractivity contribution >= 4 is 11.6 Å². The van der Waals surface area contributed by atoms with E-state index in [9.17, 15) is 4.79 Å². The summed E-state index contributed by atoms with van der Waals surface area (Å²) in [7, 11) is 0. The van der Waals surface area contributed by atoms with Crippen LogP contribution in [-0.2, 0) is 6.42 Å². The summed E-state index contributed by atoms with van der Waals surface area (Å²) >= 11 is 0.